The third-order valence-corrected chi connectivity index (χ3v) is 5.88. The monoisotopic (exact) mass is 461 g/mol. The molecular weight excluding hydrogens is 435 g/mol. The quantitative estimate of drug-likeness (QED) is 0.458. The van der Waals surface area contributed by atoms with E-state index in [1.54, 1.807) is 0 Å². The smallest absolute Gasteiger partial charge is 0.417 e. The van der Waals surface area contributed by atoms with Gasteiger partial charge in [0.25, 0.3) is 0 Å². The number of halogens is 3. The first-order valence-electron chi connectivity index (χ1n) is 10.8. The highest BCUT2D eigenvalue weighted by Gasteiger charge is 2.30. The van der Waals surface area contributed by atoms with Crippen molar-refractivity contribution in [2.75, 3.05) is 14.2 Å². The highest BCUT2D eigenvalue weighted by atomic mass is 19.4. The van der Waals surface area contributed by atoms with Gasteiger partial charge in [0.05, 0.1) is 37.4 Å². The minimum atomic E-state index is -4.43. The maximum Gasteiger partial charge on any atom is 0.417 e. The van der Waals surface area contributed by atoms with Gasteiger partial charge in [-0.25, -0.2) is 4.98 Å². The van der Waals surface area contributed by atoms with Gasteiger partial charge in [-0.2, -0.15) is 13.2 Å². The molecule has 4 rings (SSSR count). The van der Waals surface area contributed by atoms with Crippen LogP contribution in [0.2, 0.25) is 0 Å². The third-order valence-electron chi connectivity index (χ3n) is 5.88. The number of hydrogen-bond acceptors (Lipinski definition) is 5. The number of alkyl halides is 3. The van der Waals surface area contributed by atoms with Crippen molar-refractivity contribution in [1.29, 1.82) is 0 Å². The molecule has 2 heterocycles. The summed E-state index contributed by atoms with van der Waals surface area (Å²) in [6, 6.07) is 5.89. The van der Waals surface area contributed by atoms with Gasteiger partial charge in [0.15, 0.2) is 11.5 Å². The minimum Gasteiger partial charge on any atom is -0.493 e. The zero-order chi connectivity index (χ0) is 23.4. The van der Waals surface area contributed by atoms with E-state index < -0.39 is 11.7 Å². The van der Waals surface area contributed by atoms with E-state index >= 15 is 0 Å². The number of pyridine rings is 1. The van der Waals surface area contributed by atoms with E-state index in [2.05, 4.69) is 15.0 Å². The molecule has 1 aliphatic rings. The second-order valence-electron chi connectivity index (χ2n) is 8.05. The Bertz CT molecular complexity index is 1050. The SMILES string of the molecule is COc1cc(-c2cnc(C3CCCCC3)[nH]2)cc(OC)c1OCc1ccc(C(F)(F)F)cn1. The number of aromatic amines is 1. The van der Waals surface area contributed by atoms with Crippen molar-refractivity contribution < 1.29 is 27.4 Å². The number of rotatable bonds is 7. The number of benzene rings is 1. The summed E-state index contributed by atoms with van der Waals surface area (Å²) < 4.78 is 55.1. The lowest BCUT2D eigenvalue weighted by molar-refractivity contribution is -0.137. The van der Waals surface area contributed by atoms with E-state index in [1.165, 1.54) is 39.5 Å². The van der Waals surface area contributed by atoms with Crippen LogP contribution >= 0.6 is 0 Å². The Morgan fingerprint density at radius 3 is 2.24 bits per heavy atom. The first-order chi connectivity index (χ1) is 15.9. The summed E-state index contributed by atoms with van der Waals surface area (Å²) in [7, 11) is 3.03. The predicted octanol–water partition coefficient (Wildman–Crippen LogP) is 6.13. The molecule has 6 nitrogen and oxygen atoms in total. The van der Waals surface area contributed by atoms with Crippen molar-refractivity contribution in [3.63, 3.8) is 0 Å². The van der Waals surface area contributed by atoms with E-state index in [-0.39, 0.29) is 6.61 Å². The lowest BCUT2D eigenvalue weighted by Gasteiger charge is -2.19. The molecule has 0 unspecified atom stereocenters. The molecule has 9 heteroatoms. The Balaban J connectivity index is 1.54. The molecule has 2 aromatic heterocycles. The van der Waals surface area contributed by atoms with Gasteiger partial charge in [0.2, 0.25) is 5.75 Å². The number of aromatic nitrogens is 3. The first kappa shape index (κ1) is 22.9. The number of ether oxygens (including phenoxy) is 3. The molecule has 0 spiro atoms. The van der Waals surface area contributed by atoms with Crippen LogP contribution in [-0.4, -0.2) is 29.2 Å². The number of nitrogens with zero attached hydrogens (tertiary/aromatic N) is 2. The van der Waals surface area contributed by atoms with E-state index in [1.807, 2.05) is 18.3 Å². The average molecular weight is 461 g/mol. The number of nitrogens with one attached hydrogen (secondary N) is 1. The van der Waals surface area contributed by atoms with Gasteiger partial charge >= 0.3 is 6.18 Å². The van der Waals surface area contributed by atoms with Crippen LogP contribution in [0.5, 0.6) is 17.2 Å². The predicted molar refractivity (Wildman–Crippen MR) is 117 cm³/mol. The van der Waals surface area contributed by atoms with Crippen molar-refractivity contribution >= 4 is 0 Å². The second kappa shape index (κ2) is 9.72. The van der Waals surface area contributed by atoms with Crippen molar-refractivity contribution in [1.82, 2.24) is 15.0 Å². The zero-order valence-electron chi connectivity index (χ0n) is 18.5. The van der Waals surface area contributed by atoms with Crippen LogP contribution in [0.3, 0.4) is 0 Å². The topological polar surface area (TPSA) is 69.3 Å². The summed E-state index contributed by atoms with van der Waals surface area (Å²) in [5, 5.41) is 0. The Hall–Kier alpha value is -3.23. The fourth-order valence-electron chi connectivity index (χ4n) is 4.07. The van der Waals surface area contributed by atoms with Gasteiger partial charge in [-0.3, -0.25) is 4.98 Å². The van der Waals surface area contributed by atoms with Gasteiger partial charge in [0.1, 0.15) is 12.4 Å². The molecule has 3 aromatic rings. The Kier molecular flexibility index (Phi) is 6.76. The van der Waals surface area contributed by atoms with Crippen molar-refractivity contribution in [2.24, 2.45) is 0 Å². The molecule has 0 aliphatic heterocycles. The van der Waals surface area contributed by atoms with Gasteiger partial charge in [-0.1, -0.05) is 19.3 Å². The summed E-state index contributed by atoms with van der Waals surface area (Å²) in [4.78, 5) is 11.9. The summed E-state index contributed by atoms with van der Waals surface area (Å²) in [5.41, 5.74) is 1.22. The largest absolute Gasteiger partial charge is 0.493 e. The van der Waals surface area contributed by atoms with Crippen LogP contribution in [0.4, 0.5) is 13.2 Å². The van der Waals surface area contributed by atoms with E-state index in [9.17, 15) is 13.2 Å². The Morgan fingerprint density at radius 2 is 1.67 bits per heavy atom. The first-order valence-corrected chi connectivity index (χ1v) is 10.8. The van der Waals surface area contributed by atoms with Crippen LogP contribution in [0.15, 0.2) is 36.7 Å². The van der Waals surface area contributed by atoms with Crippen molar-refractivity contribution in [2.45, 2.75) is 50.8 Å². The van der Waals surface area contributed by atoms with E-state index in [4.69, 9.17) is 14.2 Å². The number of imidazole rings is 1. The fourth-order valence-corrected chi connectivity index (χ4v) is 4.07. The molecule has 0 amide bonds. The maximum absolute atomic E-state index is 12.7. The number of methoxy groups -OCH3 is 2. The van der Waals surface area contributed by atoms with E-state index in [0.717, 1.165) is 42.2 Å². The minimum absolute atomic E-state index is 0.0416. The zero-order valence-corrected chi connectivity index (χ0v) is 18.5. The Morgan fingerprint density at radius 1 is 0.970 bits per heavy atom. The molecule has 1 N–H and O–H groups in total. The highest BCUT2D eigenvalue weighted by molar-refractivity contribution is 5.68. The summed E-state index contributed by atoms with van der Waals surface area (Å²) in [6.45, 7) is -0.0416. The molecule has 0 atom stereocenters. The molecule has 33 heavy (non-hydrogen) atoms. The lowest BCUT2D eigenvalue weighted by atomic mass is 9.89. The molecule has 1 aromatic carbocycles. The molecule has 0 radical (unpaired) electrons. The molecule has 1 fully saturated rings. The maximum atomic E-state index is 12.7. The van der Waals surface area contributed by atoms with Crippen molar-refractivity contribution in [3.8, 4) is 28.5 Å². The summed E-state index contributed by atoms with van der Waals surface area (Å²) in [6.07, 6.45) is 4.18. The normalized spacial score (nSPS) is 14.8. The van der Waals surface area contributed by atoms with Gasteiger partial charge in [0, 0.05) is 17.7 Å². The van der Waals surface area contributed by atoms with Gasteiger partial charge in [-0.15, -0.1) is 0 Å². The lowest BCUT2D eigenvalue weighted by Crippen LogP contribution is -2.07. The number of H-pyrrole nitrogens is 1. The molecule has 0 bridgehead atoms. The van der Waals surface area contributed by atoms with Crippen LogP contribution in [0, 0.1) is 0 Å². The number of hydrogen-bond donors (Lipinski definition) is 1. The van der Waals surface area contributed by atoms with Gasteiger partial charge < -0.3 is 19.2 Å². The van der Waals surface area contributed by atoms with Crippen LogP contribution in [-0.2, 0) is 12.8 Å². The molecule has 176 valence electrons. The third kappa shape index (κ3) is 5.23. The molecule has 1 saturated carbocycles. The van der Waals surface area contributed by atoms with Crippen molar-refractivity contribution in [3.05, 3.63) is 53.7 Å². The van der Waals surface area contributed by atoms with Crippen LogP contribution in [0.1, 0.15) is 55.1 Å². The molecule has 0 saturated heterocycles. The van der Waals surface area contributed by atoms with E-state index in [0.29, 0.717) is 28.9 Å². The van der Waals surface area contributed by atoms with Crippen LogP contribution < -0.4 is 14.2 Å². The second-order valence-corrected chi connectivity index (χ2v) is 8.05. The van der Waals surface area contributed by atoms with Gasteiger partial charge in [-0.05, 0) is 37.1 Å². The average Bonchev–Trinajstić information content (AvgIpc) is 3.33. The van der Waals surface area contributed by atoms with Crippen LogP contribution in [0.25, 0.3) is 11.3 Å². The summed E-state index contributed by atoms with van der Waals surface area (Å²) >= 11 is 0. The fraction of sp³-hybridized carbons (Fsp3) is 0.417. The standard InChI is InChI=1S/C24H26F3N3O3/c1-31-20-10-16(19-13-29-23(30-19)15-6-4-3-5-7-15)11-21(32-2)22(20)33-14-18-9-8-17(12-28-18)24(25,26)27/h8-13,15H,3-7,14H2,1-2H3,(H,29,30). The molecular formula is C24H26F3N3O3. The Labute approximate surface area is 190 Å². The summed E-state index contributed by atoms with van der Waals surface area (Å²) in [5.74, 6) is 2.67. The highest BCUT2D eigenvalue weighted by Crippen LogP contribution is 2.42. The molecule has 1 aliphatic carbocycles.